The first-order chi connectivity index (χ1) is 11.6. The van der Waals surface area contributed by atoms with E-state index in [1.54, 1.807) is 41.5 Å². The molecule has 0 radical (unpaired) electrons. The van der Waals surface area contributed by atoms with Crippen molar-refractivity contribution in [3.63, 3.8) is 0 Å². The summed E-state index contributed by atoms with van der Waals surface area (Å²) in [7, 11) is 0. The highest BCUT2D eigenvalue weighted by molar-refractivity contribution is 6.35. The predicted molar refractivity (Wildman–Crippen MR) is 94.5 cm³/mol. The molecule has 0 aliphatic heterocycles. The first-order valence-electron chi connectivity index (χ1n) is 7.38. The molecule has 124 valence electrons. The first-order valence-corrected chi connectivity index (χ1v) is 8.14. The number of para-hydroxylation sites is 1. The molecule has 0 bridgehead atoms. The van der Waals surface area contributed by atoms with Gasteiger partial charge >= 0.3 is 0 Å². The van der Waals surface area contributed by atoms with E-state index in [1.165, 1.54) is 0 Å². The minimum Gasteiger partial charge on any atom is -0.490 e. The van der Waals surface area contributed by atoms with Crippen LogP contribution in [0.25, 0.3) is 0 Å². The van der Waals surface area contributed by atoms with Gasteiger partial charge in [-0.25, -0.2) is 4.98 Å². The average Bonchev–Trinajstić information content (AvgIpc) is 3.06. The molecular weight excluding hydrogens is 347 g/mol. The number of hydrogen-bond acceptors (Lipinski definition) is 3. The highest BCUT2D eigenvalue weighted by Gasteiger charge is 2.33. The Morgan fingerprint density at radius 3 is 2.58 bits per heavy atom. The zero-order chi connectivity index (χ0) is 17.0. The summed E-state index contributed by atoms with van der Waals surface area (Å²) in [6.45, 7) is 0.289. The van der Waals surface area contributed by atoms with E-state index in [0.717, 1.165) is 0 Å². The predicted octanol–water partition coefficient (Wildman–Crippen LogP) is 4.16. The molecule has 1 N–H and O–H groups in total. The lowest BCUT2D eigenvalue weighted by molar-refractivity contribution is -0.0242. The van der Waals surface area contributed by atoms with Crippen LogP contribution < -0.4 is 4.74 Å². The minimum atomic E-state index is -1.34. The molecule has 6 heteroatoms. The number of imidazole rings is 1. The van der Waals surface area contributed by atoms with Crippen molar-refractivity contribution in [1.82, 2.24) is 9.55 Å². The lowest BCUT2D eigenvalue weighted by Crippen LogP contribution is -2.38. The zero-order valence-corrected chi connectivity index (χ0v) is 14.3. The van der Waals surface area contributed by atoms with Crippen molar-refractivity contribution in [1.29, 1.82) is 0 Å². The Labute approximate surface area is 150 Å². The van der Waals surface area contributed by atoms with Crippen LogP contribution in [0.5, 0.6) is 5.75 Å². The molecule has 0 amide bonds. The second-order valence-corrected chi connectivity index (χ2v) is 6.34. The molecule has 0 saturated carbocycles. The lowest BCUT2D eigenvalue weighted by atomic mass is 9.94. The molecule has 0 spiro atoms. The van der Waals surface area contributed by atoms with Gasteiger partial charge in [0.2, 0.25) is 0 Å². The van der Waals surface area contributed by atoms with E-state index in [-0.39, 0.29) is 13.2 Å². The summed E-state index contributed by atoms with van der Waals surface area (Å²) in [6.07, 6.45) is 5.07. The molecule has 1 heterocycles. The van der Waals surface area contributed by atoms with E-state index < -0.39 is 5.60 Å². The van der Waals surface area contributed by atoms with Crippen molar-refractivity contribution in [2.75, 3.05) is 6.61 Å². The summed E-state index contributed by atoms with van der Waals surface area (Å²) in [4.78, 5) is 4.01. The molecule has 24 heavy (non-hydrogen) atoms. The fourth-order valence-electron chi connectivity index (χ4n) is 2.48. The van der Waals surface area contributed by atoms with Crippen LogP contribution in [-0.4, -0.2) is 21.3 Å². The van der Waals surface area contributed by atoms with E-state index >= 15 is 0 Å². The number of halogens is 2. The van der Waals surface area contributed by atoms with Crippen molar-refractivity contribution >= 4 is 23.2 Å². The minimum absolute atomic E-state index is 0.0382. The summed E-state index contributed by atoms with van der Waals surface area (Å²) in [5, 5.41) is 12.2. The van der Waals surface area contributed by atoms with Crippen molar-refractivity contribution in [2.24, 2.45) is 0 Å². The van der Waals surface area contributed by atoms with Crippen LogP contribution >= 0.6 is 23.2 Å². The zero-order valence-electron chi connectivity index (χ0n) is 12.8. The molecule has 3 aromatic rings. The third kappa shape index (κ3) is 3.90. The quantitative estimate of drug-likeness (QED) is 0.716. The Bertz CT molecular complexity index is 794. The van der Waals surface area contributed by atoms with Gasteiger partial charge in [0, 0.05) is 28.0 Å². The number of aromatic nitrogens is 2. The van der Waals surface area contributed by atoms with E-state index in [9.17, 15) is 5.11 Å². The fraction of sp³-hybridized carbons (Fsp3) is 0.167. The van der Waals surface area contributed by atoms with Crippen molar-refractivity contribution in [2.45, 2.75) is 12.1 Å². The van der Waals surface area contributed by atoms with Gasteiger partial charge in [0.1, 0.15) is 18.0 Å². The summed E-state index contributed by atoms with van der Waals surface area (Å²) in [6, 6.07) is 14.3. The molecule has 4 nitrogen and oxygen atoms in total. The third-order valence-electron chi connectivity index (χ3n) is 3.66. The molecule has 1 atom stereocenters. The maximum atomic E-state index is 11.3. The van der Waals surface area contributed by atoms with E-state index in [1.807, 2.05) is 30.3 Å². The second-order valence-electron chi connectivity index (χ2n) is 5.49. The Morgan fingerprint density at radius 2 is 1.92 bits per heavy atom. The van der Waals surface area contributed by atoms with Gasteiger partial charge in [-0.3, -0.25) is 0 Å². The molecule has 2 aromatic carbocycles. The Kier molecular flexibility index (Phi) is 5.09. The van der Waals surface area contributed by atoms with Crippen molar-refractivity contribution < 1.29 is 9.84 Å². The largest absolute Gasteiger partial charge is 0.490 e. The molecule has 0 fully saturated rings. The molecule has 0 aliphatic rings. The van der Waals surface area contributed by atoms with Gasteiger partial charge in [0.15, 0.2) is 0 Å². The van der Waals surface area contributed by atoms with Crippen LogP contribution in [0, 0.1) is 0 Å². The number of benzene rings is 2. The van der Waals surface area contributed by atoms with Crippen LogP contribution in [-0.2, 0) is 12.1 Å². The van der Waals surface area contributed by atoms with E-state index in [4.69, 9.17) is 27.9 Å². The summed E-state index contributed by atoms with van der Waals surface area (Å²) in [5.74, 6) is 0.673. The summed E-state index contributed by atoms with van der Waals surface area (Å²) < 4.78 is 7.56. The van der Waals surface area contributed by atoms with Gasteiger partial charge in [-0.2, -0.15) is 0 Å². The van der Waals surface area contributed by atoms with Gasteiger partial charge in [-0.15, -0.1) is 0 Å². The van der Waals surface area contributed by atoms with E-state index in [2.05, 4.69) is 4.98 Å². The second kappa shape index (κ2) is 7.26. The molecule has 1 aromatic heterocycles. The number of aliphatic hydroxyl groups is 1. The number of ether oxygens (including phenoxy) is 1. The number of hydrogen-bond donors (Lipinski definition) is 1. The maximum absolute atomic E-state index is 11.3. The van der Waals surface area contributed by atoms with E-state index in [0.29, 0.717) is 21.4 Å². The summed E-state index contributed by atoms with van der Waals surface area (Å²) in [5.41, 5.74) is -0.781. The topological polar surface area (TPSA) is 47.3 Å². The SMILES string of the molecule is OC(COc1ccccc1)(Cn1ccnc1)c1ccc(Cl)cc1Cl. The summed E-state index contributed by atoms with van der Waals surface area (Å²) >= 11 is 12.3. The van der Waals surface area contributed by atoms with Crippen LogP contribution in [0.15, 0.2) is 67.3 Å². The van der Waals surface area contributed by atoms with Gasteiger partial charge in [0.25, 0.3) is 0 Å². The number of nitrogens with zero attached hydrogens (tertiary/aromatic N) is 2. The molecule has 0 saturated heterocycles. The van der Waals surface area contributed by atoms with Gasteiger partial charge in [0.05, 0.1) is 12.9 Å². The van der Waals surface area contributed by atoms with Crippen LogP contribution in [0.3, 0.4) is 0 Å². The molecule has 0 aliphatic carbocycles. The van der Waals surface area contributed by atoms with Gasteiger partial charge < -0.3 is 14.4 Å². The molecule has 3 rings (SSSR count). The Morgan fingerprint density at radius 1 is 1.12 bits per heavy atom. The first kappa shape index (κ1) is 16.8. The van der Waals surface area contributed by atoms with Crippen molar-refractivity contribution in [3.05, 3.63) is 82.9 Å². The average molecular weight is 363 g/mol. The highest BCUT2D eigenvalue weighted by atomic mass is 35.5. The highest BCUT2D eigenvalue weighted by Crippen LogP contribution is 2.32. The number of rotatable bonds is 6. The van der Waals surface area contributed by atoms with Crippen LogP contribution in [0.1, 0.15) is 5.56 Å². The monoisotopic (exact) mass is 362 g/mol. The maximum Gasteiger partial charge on any atom is 0.143 e. The van der Waals surface area contributed by atoms with Crippen molar-refractivity contribution in [3.8, 4) is 5.75 Å². The fourth-order valence-corrected chi connectivity index (χ4v) is 3.06. The molecule has 1 unspecified atom stereocenters. The third-order valence-corrected chi connectivity index (χ3v) is 4.20. The van der Waals surface area contributed by atoms with Crippen LogP contribution in [0.4, 0.5) is 0 Å². The molecular formula is C18H16Cl2N2O2. The Hall–Kier alpha value is -2.01. The smallest absolute Gasteiger partial charge is 0.143 e. The van der Waals surface area contributed by atoms with Crippen LogP contribution in [0.2, 0.25) is 10.0 Å². The Balaban J connectivity index is 1.90. The van der Waals surface area contributed by atoms with Gasteiger partial charge in [-0.05, 0) is 24.3 Å². The van der Waals surface area contributed by atoms with Gasteiger partial charge in [-0.1, -0.05) is 47.5 Å². The standard InChI is InChI=1S/C18H16Cl2N2O2/c19-14-6-7-16(17(20)10-14)18(23,11-22-9-8-21-13-22)12-24-15-4-2-1-3-5-15/h1-10,13,23H,11-12H2. The normalized spacial score (nSPS) is 13.5. The lowest BCUT2D eigenvalue weighted by Gasteiger charge is -2.30.